The van der Waals surface area contributed by atoms with Gasteiger partial charge in [-0.15, -0.1) is 0 Å². The summed E-state index contributed by atoms with van der Waals surface area (Å²) in [6.07, 6.45) is 14.5. The lowest BCUT2D eigenvalue weighted by Crippen LogP contribution is -2.28. The second-order valence-electron chi connectivity index (χ2n) is 13.2. The number of unbranched alkanes of at least 4 members (excludes halogenated alkanes) is 6. The number of anilines is 2. The maximum Gasteiger partial charge on any atom is 0.163 e. The lowest BCUT2D eigenvalue weighted by atomic mass is 10.0. The van der Waals surface area contributed by atoms with Crippen LogP contribution in [0.4, 0.5) is 11.4 Å². The average molecular weight is 690 g/mol. The number of rotatable bonds is 26. The summed E-state index contributed by atoms with van der Waals surface area (Å²) in [6.45, 7) is 19.3. The van der Waals surface area contributed by atoms with Crippen molar-refractivity contribution < 1.29 is 9.47 Å². The Hall–Kier alpha value is -2.91. The molecule has 3 rings (SSSR count). The maximum atomic E-state index is 10.6. The van der Waals surface area contributed by atoms with Gasteiger partial charge in [0.1, 0.15) is 29.0 Å². The molecule has 1 aliphatic rings. The summed E-state index contributed by atoms with van der Waals surface area (Å²) in [7, 11) is 0. The first-order valence-corrected chi connectivity index (χ1v) is 20.2. The molecule has 0 saturated heterocycles. The smallest absolute Gasteiger partial charge is 0.163 e. The number of nitriles is 2. The van der Waals surface area contributed by atoms with Crippen LogP contribution in [0, 0.1) is 22.7 Å². The molecule has 0 N–H and O–H groups in total. The molecule has 1 heterocycles. The predicted molar refractivity (Wildman–Crippen MR) is 206 cm³/mol. The molecule has 0 bridgehead atoms. The molecule has 1 aliphatic heterocycles. The molecule has 0 aliphatic carbocycles. The largest absolute Gasteiger partial charge is 0.491 e. The zero-order valence-electron chi connectivity index (χ0n) is 31.3. The van der Waals surface area contributed by atoms with E-state index >= 15 is 0 Å². The summed E-state index contributed by atoms with van der Waals surface area (Å²) in [5.41, 5.74) is 2.58. The van der Waals surface area contributed by atoms with Gasteiger partial charge in [0.25, 0.3) is 0 Å². The molecular weight excluding hydrogens is 627 g/mol. The van der Waals surface area contributed by atoms with Crippen LogP contribution in [0.3, 0.4) is 0 Å². The van der Waals surface area contributed by atoms with E-state index in [1.807, 2.05) is 0 Å². The van der Waals surface area contributed by atoms with Crippen LogP contribution in [0.1, 0.15) is 129 Å². The van der Waals surface area contributed by atoms with Crippen molar-refractivity contribution in [2.75, 3.05) is 63.9 Å². The van der Waals surface area contributed by atoms with Crippen LogP contribution < -0.4 is 14.4 Å². The molecule has 0 spiro atoms. The average Bonchev–Trinajstić information content (AvgIpc) is 3.13. The Balaban J connectivity index is 1.98. The van der Waals surface area contributed by atoms with Gasteiger partial charge < -0.3 is 24.2 Å². The van der Waals surface area contributed by atoms with E-state index in [2.05, 4.69) is 85.7 Å². The molecular formula is C41H63N5O2S. The Kier molecular flexibility index (Phi) is 19.4. The molecule has 0 radical (unpaired) electrons. The van der Waals surface area contributed by atoms with E-state index in [1.165, 1.54) is 51.4 Å². The number of nitrogens with zero attached hydrogens (tertiary/aromatic N) is 5. The van der Waals surface area contributed by atoms with Gasteiger partial charge in [0.2, 0.25) is 0 Å². The minimum atomic E-state index is 0.290. The minimum Gasteiger partial charge on any atom is -0.491 e. The summed E-state index contributed by atoms with van der Waals surface area (Å²) in [5.74, 6) is 1.05. The van der Waals surface area contributed by atoms with Gasteiger partial charge in [0, 0.05) is 24.5 Å². The SMILES string of the molecule is CCCCCN1c2ccccc2Sc2c(OCCCN(CCCC)CCCC)c(C#N)c(C#N)c(OCCCN(CCCC)CCCC)c21. The van der Waals surface area contributed by atoms with Crippen molar-refractivity contribution in [1.82, 2.24) is 9.80 Å². The Morgan fingerprint density at radius 2 is 1.08 bits per heavy atom. The van der Waals surface area contributed by atoms with Gasteiger partial charge in [-0.1, -0.05) is 97.0 Å². The van der Waals surface area contributed by atoms with Gasteiger partial charge in [0.05, 0.1) is 23.8 Å². The molecule has 0 atom stereocenters. The molecule has 2 aromatic carbocycles. The quantitative estimate of drug-likeness (QED) is 0.0904. The first-order valence-electron chi connectivity index (χ1n) is 19.4. The van der Waals surface area contributed by atoms with E-state index in [9.17, 15) is 10.5 Å². The van der Waals surface area contributed by atoms with Crippen molar-refractivity contribution >= 4 is 23.1 Å². The Morgan fingerprint density at radius 3 is 1.59 bits per heavy atom. The minimum absolute atomic E-state index is 0.290. The van der Waals surface area contributed by atoms with Crippen LogP contribution in [0.2, 0.25) is 0 Å². The summed E-state index contributed by atoms with van der Waals surface area (Å²) in [4.78, 5) is 9.43. The Bertz CT molecular complexity index is 1320. The van der Waals surface area contributed by atoms with Gasteiger partial charge in [-0.3, -0.25) is 0 Å². The molecule has 270 valence electrons. The molecule has 0 amide bonds. The second-order valence-corrected chi connectivity index (χ2v) is 14.3. The molecule has 8 heteroatoms. The fourth-order valence-corrected chi connectivity index (χ4v) is 7.58. The summed E-state index contributed by atoms with van der Waals surface area (Å²) < 4.78 is 13.2. The number of hydrogen-bond donors (Lipinski definition) is 0. The second kappa shape index (κ2) is 23.5. The number of para-hydroxylation sites is 1. The third kappa shape index (κ3) is 12.1. The number of ether oxygens (including phenoxy) is 2. The van der Waals surface area contributed by atoms with E-state index in [-0.39, 0.29) is 11.1 Å². The van der Waals surface area contributed by atoms with Crippen LogP contribution in [-0.2, 0) is 0 Å². The molecule has 0 fully saturated rings. The zero-order chi connectivity index (χ0) is 35.3. The first kappa shape index (κ1) is 40.5. The third-order valence-electron chi connectivity index (χ3n) is 9.23. The van der Waals surface area contributed by atoms with Crippen LogP contribution in [-0.4, -0.2) is 68.8 Å². The fourth-order valence-electron chi connectivity index (χ4n) is 6.37. The van der Waals surface area contributed by atoms with E-state index in [1.54, 1.807) is 11.8 Å². The Labute approximate surface area is 302 Å². The van der Waals surface area contributed by atoms with E-state index in [4.69, 9.17) is 9.47 Å². The van der Waals surface area contributed by atoms with Gasteiger partial charge in [0.15, 0.2) is 11.5 Å². The van der Waals surface area contributed by atoms with E-state index in [0.29, 0.717) is 24.7 Å². The van der Waals surface area contributed by atoms with Gasteiger partial charge >= 0.3 is 0 Å². The first-order chi connectivity index (χ1) is 24.1. The highest BCUT2D eigenvalue weighted by molar-refractivity contribution is 7.99. The van der Waals surface area contributed by atoms with Crippen molar-refractivity contribution in [1.29, 1.82) is 10.5 Å². The highest BCUT2D eigenvalue weighted by Crippen LogP contribution is 2.57. The highest BCUT2D eigenvalue weighted by atomic mass is 32.2. The Morgan fingerprint density at radius 1 is 0.612 bits per heavy atom. The van der Waals surface area contributed by atoms with Crippen molar-refractivity contribution in [3.8, 4) is 23.6 Å². The number of fused-ring (bicyclic) bond motifs is 2. The standard InChI is InChI=1S/C41H63N5O2S/c1-6-11-18-29-46-36-21-16-17-22-37(36)49-41-38(46)39(47-30-19-27-44(23-12-7-2)24-13-8-3)34(32-42)35(33-43)40(41)48-31-20-28-45(25-14-9-4)26-15-10-5/h16-17,21-22H,6-15,18-20,23-31H2,1-5H3. The highest BCUT2D eigenvalue weighted by Gasteiger charge is 2.35. The molecule has 2 aromatic rings. The number of hydrogen-bond acceptors (Lipinski definition) is 8. The van der Waals surface area contributed by atoms with E-state index < -0.39 is 0 Å². The van der Waals surface area contributed by atoms with Crippen LogP contribution >= 0.6 is 11.8 Å². The third-order valence-corrected chi connectivity index (χ3v) is 10.4. The van der Waals surface area contributed by atoms with E-state index in [0.717, 1.165) is 99.1 Å². The van der Waals surface area contributed by atoms with Crippen LogP contribution in [0.15, 0.2) is 34.1 Å². The van der Waals surface area contributed by atoms with Crippen molar-refractivity contribution in [3.63, 3.8) is 0 Å². The zero-order valence-corrected chi connectivity index (χ0v) is 32.1. The molecule has 0 aromatic heterocycles. The fraction of sp³-hybridized carbons (Fsp3) is 0.659. The predicted octanol–water partition coefficient (Wildman–Crippen LogP) is 10.6. The summed E-state index contributed by atoms with van der Waals surface area (Å²) in [6, 6.07) is 13.2. The van der Waals surface area contributed by atoms with Crippen molar-refractivity contribution in [3.05, 3.63) is 35.4 Å². The van der Waals surface area contributed by atoms with Crippen LogP contribution in [0.5, 0.6) is 11.5 Å². The molecule has 7 nitrogen and oxygen atoms in total. The molecule has 49 heavy (non-hydrogen) atoms. The lowest BCUT2D eigenvalue weighted by Gasteiger charge is -2.36. The summed E-state index contributed by atoms with van der Waals surface area (Å²) in [5, 5.41) is 21.2. The molecule has 0 unspecified atom stereocenters. The molecule has 0 saturated carbocycles. The number of benzene rings is 2. The monoisotopic (exact) mass is 689 g/mol. The van der Waals surface area contributed by atoms with Gasteiger partial charge in [-0.25, -0.2) is 0 Å². The van der Waals surface area contributed by atoms with Crippen LogP contribution in [0.25, 0.3) is 0 Å². The lowest BCUT2D eigenvalue weighted by molar-refractivity contribution is 0.225. The summed E-state index contributed by atoms with van der Waals surface area (Å²) >= 11 is 1.64. The topological polar surface area (TPSA) is 75.8 Å². The van der Waals surface area contributed by atoms with Crippen molar-refractivity contribution in [2.45, 2.75) is 128 Å². The van der Waals surface area contributed by atoms with Crippen molar-refractivity contribution in [2.24, 2.45) is 0 Å². The maximum absolute atomic E-state index is 10.6. The van der Waals surface area contributed by atoms with Gasteiger partial charge in [-0.2, -0.15) is 10.5 Å². The normalized spacial score (nSPS) is 12.1. The van der Waals surface area contributed by atoms with Gasteiger partial charge in [-0.05, 0) is 83.3 Å².